The zero-order valence-corrected chi connectivity index (χ0v) is 18.9. The summed E-state index contributed by atoms with van der Waals surface area (Å²) in [5.74, 6) is 0.750. The van der Waals surface area contributed by atoms with E-state index in [1.807, 2.05) is 47.7 Å². The maximum Gasteiger partial charge on any atom is 0.255 e. The molecule has 1 fully saturated rings. The first-order chi connectivity index (χ1) is 15.2. The van der Waals surface area contributed by atoms with Gasteiger partial charge in [0, 0.05) is 24.2 Å². The number of para-hydroxylation sites is 1. The maximum atomic E-state index is 13.2. The number of carbonyl (C=O) groups excluding carboxylic acids is 1. The molecule has 1 aromatic carbocycles. The molecule has 5 nitrogen and oxygen atoms in total. The fourth-order valence-electron chi connectivity index (χ4n) is 4.32. The lowest BCUT2D eigenvalue weighted by Gasteiger charge is -2.37. The molecule has 3 aromatic rings. The number of likely N-dealkylation sites (tertiary alicyclic amines) is 1. The number of nitrogens with one attached hydrogen (secondary N) is 1. The summed E-state index contributed by atoms with van der Waals surface area (Å²) >= 11 is 1.82. The van der Waals surface area contributed by atoms with Crippen LogP contribution in [0.5, 0.6) is 5.75 Å². The summed E-state index contributed by atoms with van der Waals surface area (Å²) in [5.41, 5.74) is 2.82. The second kappa shape index (κ2) is 10.1. The summed E-state index contributed by atoms with van der Waals surface area (Å²) in [4.78, 5) is 21.7. The van der Waals surface area contributed by atoms with Crippen LogP contribution in [0.2, 0.25) is 0 Å². The molecule has 1 N–H and O–H groups in total. The van der Waals surface area contributed by atoms with Crippen LogP contribution in [0.25, 0.3) is 0 Å². The Morgan fingerprint density at radius 3 is 2.84 bits per heavy atom. The third-order valence-electron chi connectivity index (χ3n) is 5.99. The lowest BCUT2D eigenvalue weighted by molar-refractivity contribution is 0.0873. The zero-order valence-electron chi connectivity index (χ0n) is 18.1. The number of aryl methyl sites for hydroxylation is 1. The van der Waals surface area contributed by atoms with Crippen LogP contribution in [0.3, 0.4) is 0 Å². The van der Waals surface area contributed by atoms with Gasteiger partial charge in [-0.15, -0.1) is 11.3 Å². The standard InChI is InChI=1S/C25H29N3O2S/c1-18-12-15-31-23(18)17-28-14-7-8-19(16-28)24(21-10-5-6-13-26-21)27-25(29)20-9-3-4-11-22(20)30-2/h3-6,9-13,15,19,24H,7-8,14,16-17H2,1-2H3,(H,27,29)/t19-,24-/m1/s1. The number of ether oxygens (including phenoxy) is 1. The minimum atomic E-state index is -0.147. The summed E-state index contributed by atoms with van der Waals surface area (Å²) in [7, 11) is 1.59. The highest BCUT2D eigenvalue weighted by Gasteiger charge is 2.31. The number of thiophene rings is 1. The summed E-state index contributed by atoms with van der Waals surface area (Å²) in [6, 6.07) is 15.3. The average Bonchev–Trinajstić information content (AvgIpc) is 3.22. The Labute approximate surface area is 188 Å². The number of hydrogen-bond acceptors (Lipinski definition) is 5. The van der Waals surface area contributed by atoms with Crippen molar-refractivity contribution in [1.29, 1.82) is 0 Å². The SMILES string of the molecule is COc1ccccc1C(=O)N[C@@H](c1ccccn1)[C@@H]1CCCN(Cc2sccc2C)C1. The average molecular weight is 436 g/mol. The van der Waals surface area contributed by atoms with Gasteiger partial charge in [-0.25, -0.2) is 0 Å². The van der Waals surface area contributed by atoms with Gasteiger partial charge in [0.15, 0.2) is 0 Å². The number of hydrogen-bond donors (Lipinski definition) is 1. The van der Waals surface area contributed by atoms with Crippen molar-refractivity contribution in [3.8, 4) is 5.75 Å². The van der Waals surface area contributed by atoms with Crippen molar-refractivity contribution in [2.75, 3.05) is 20.2 Å². The van der Waals surface area contributed by atoms with Crippen LogP contribution < -0.4 is 10.1 Å². The quantitative estimate of drug-likeness (QED) is 0.577. The number of nitrogens with zero attached hydrogens (tertiary/aromatic N) is 2. The Morgan fingerprint density at radius 1 is 1.26 bits per heavy atom. The number of aromatic nitrogens is 1. The van der Waals surface area contributed by atoms with Gasteiger partial charge in [0.05, 0.1) is 24.4 Å². The molecule has 1 aliphatic rings. The third kappa shape index (κ3) is 5.14. The molecule has 0 aliphatic carbocycles. The molecular weight excluding hydrogens is 406 g/mol. The predicted octanol–water partition coefficient (Wildman–Crippen LogP) is 4.84. The van der Waals surface area contributed by atoms with Gasteiger partial charge in [0.1, 0.15) is 5.75 Å². The van der Waals surface area contributed by atoms with Crippen molar-refractivity contribution in [3.63, 3.8) is 0 Å². The highest BCUT2D eigenvalue weighted by Crippen LogP contribution is 2.31. The molecule has 0 bridgehead atoms. The van der Waals surface area contributed by atoms with Crippen LogP contribution in [0.1, 0.15) is 45.4 Å². The van der Waals surface area contributed by atoms with Gasteiger partial charge in [-0.1, -0.05) is 18.2 Å². The van der Waals surface area contributed by atoms with Gasteiger partial charge in [0.2, 0.25) is 0 Å². The zero-order chi connectivity index (χ0) is 21.6. The number of methoxy groups -OCH3 is 1. The molecular formula is C25H29N3O2S. The lowest BCUT2D eigenvalue weighted by Crippen LogP contribution is -2.43. The number of rotatable bonds is 7. The Hall–Kier alpha value is -2.70. The number of carbonyl (C=O) groups is 1. The van der Waals surface area contributed by atoms with Gasteiger partial charge < -0.3 is 10.1 Å². The van der Waals surface area contributed by atoms with Crippen molar-refractivity contribution >= 4 is 17.2 Å². The highest BCUT2D eigenvalue weighted by molar-refractivity contribution is 7.10. The molecule has 0 saturated carbocycles. The largest absolute Gasteiger partial charge is 0.496 e. The second-order valence-electron chi connectivity index (χ2n) is 8.07. The van der Waals surface area contributed by atoms with E-state index in [0.29, 0.717) is 17.2 Å². The Balaban J connectivity index is 1.55. The summed E-state index contributed by atoms with van der Waals surface area (Å²) in [5, 5.41) is 5.44. The van der Waals surface area contributed by atoms with Crippen LogP contribution >= 0.6 is 11.3 Å². The van der Waals surface area contributed by atoms with Gasteiger partial charge in [0.25, 0.3) is 5.91 Å². The van der Waals surface area contributed by atoms with Crippen molar-refractivity contribution in [3.05, 3.63) is 81.8 Å². The molecule has 2 aromatic heterocycles. The molecule has 6 heteroatoms. The molecule has 1 aliphatic heterocycles. The molecule has 0 unspecified atom stereocenters. The number of pyridine rings is 1. The first-order valence-electron chi connectivity index (χ1n) is 10.8. The molecule has 0 spiro atoms. The van der Waals surface area contributed by atoms with E-state index in [-0.39, 0.29) is 11.9 Å². The molecule has 1 amide bonds. The van der Waals surface area contributed by atoms with E-state index >= 15 is 0 Å². The summed E-state index contributed by atoms with van der Waals surface area (Å²) in [6.45, 7) is 5.17. The van der Waals surface area contributed by atoms with E-state index in [4.69, 9.17) is 4.74 Å². The fraction of sp³-hybridized carbons (Fsp3) is 0.360. The Morgan fingerprint density at radius 2 is 2.10 bits per heavy atom. The van der Waals surface area contributed by atoms with E-state index in [0.717, 1.165) is 38.2 Å². The monoisotopic (exact) mass is 435 g/mol. The van der Waals surface area contributed by atoms with Crippen molar-refractivity contribution in [2.24, 2.45) is 5.92 Å². The van der Waals surface area contributed by atoms with Crippen molar-refractivity contribution in [1.82, 2.24) is 15.2 Å². The number of amides is 1. The van der Waals surface area contributed by atoms with Gasteiger partial charge in [-0.05, 0) is 73.5 Å². The van der Waals surface area contributed by atoms with Crippen LogP contribution in [-0.2, 0) is 6.54 Å². The van der Waals surface area contributed by atoms with Crippen LogP contribution in [0, 0.1) is 12.8 Å². The highest BCUT2D eigenvalue weighted by atomic mass is 32.1. The van der Waals surface area contributed by atoms with E-state index in [1.165, 1.54) is 10.4 Å². The first kappa shape index (κ1) is 21.5. The topological polar surface area (TPSA) is 54.5 Å². The van der Waals surface area contributed by atoms with E-state index in [9.17, 15) is 4.79 Å². The minimum absolute atomic E-state index is 0.126. The first-order valence-corrected chi connectivity index (χ1v) is 11.6. The predicted molar refractivity (Wildman–Crippen MR) is 124 cm³/mol. The smallest absolute Gasteiger partial charge is 0.255 e. The van der Waals surface area contributed by atoms with Crippen LogP contribution in [-0.4, -0.2) is 36.0 Å². The molecule has 1 saturated heterocycles. The van der Waals surface area contributed by atoms with Crippen molar-refractivity contribution < 1.29 is 9.53 Å². The second-order valence-corrected chi connectivity index (χ2v) is 9.07. The minimum Gasteiger partial charge on any atom is -0.496 e. The van der Waals surface area contributed by atoms with Crippen LogP contribution in [0.15, 0.2) is 60.1 Å². The summed E-state index contributed by atoms with van der Waals surface area (Å²) in [6.07, 6.45) is 3.98. The molecule has 0 radical (unpaired) electrons. The normalized spacial score (nSPS) is 17.8. The lowest BCUT2D eigenvalue weighted by atomic mass is 9.88. The number of benzene rings is 1. The van der Waals surface area contributed by atoms with E-state index in [1.54, 1.807) is 19.4 Å². The van der Waals surface area contributed by atoms with Gasteiger partial charge >= 0.3 is 0 Å². The van der Waals surface area contributed by atoms with Crippen molar-refractivity contribution in [2.45, 2.75) is 32.4 Å². The Bertz CT molecular complexity index is 1000. The molecule has 162 valence electrons. The van der Waals surface area contributed by atoms with Crippen LogP contribution in [0.4, 0.5) is 0 Å². The van der Waals surface area contributed by atoms with E-state index < -0.39 is 0 Å². The molecule has 31 heavy (non-hydrogen) atoms. The summed E-state index contributed by atoms with van der Waals surface area (Å²) < 4.78 is 5.40. The molecule has 4 rings (SSSR count). The fourth-order valence-corrected chi connectivity index (χ4v) is 5.27. The molecule has 3 heterocycles. The maximum absolute atomic E-state index is 13.2. The Kier molecular flexibility index (Phi) is 6.99. The van der Waals surface area contributed by atoms with Gasteiger partial charge in [-0.2, -0.15) is 0 Å². The third-order valence-corrected chi connectivity index (χ3v) is 7.00. The number of piperidine rings is 1. The molecule has 2 atom stereocenters. The van der Waals surface area contributed by atoms with E-state index in [2.05, 4.69) is 33.6 Å². The van der Waals surface area contributed by atoms with Gasteiger partial charge in [-0.3, -0.25) is 14.7 Å².